The normalized spacial score (nSPS) is 11.9. The van der Waals surface area contributed by atoms with Crippen molar-refractivity contribution in [2.45, 2.75) is 51.6 Å². The molecule has 214 valence electrons. The van der Waals surface area contributed by atoms with E-state index in [0.717, 1.165) is 26.3 Å². The van der Waals surface area contributed by atoms with Gasteiger partial charge in [0.15, 0.2) is 0 Å². The molecule has 2 amide bonds. The van der Waals surface area contributed by atoms with Crippen molar-refractivity contribution in [2.75, 3.05) is 24.0 Å². The molecule has 40 heavy (non-hydrogen) atoms. The quantitative estimate of drug-likeness (QED) is 0.277. The second-order valence-corrected chi connectivity index (χ2v) is 12.1. The van der Waals surface area contributed by atoms with Gasteiger partial charge in [-0.15, -0.1) is 0 Å². The highest BCUT2D eigenvalue weighted by Gasteiger charge is 2.33. The molecular formula is C30H36BrN3O5S. The van der Waals surface area contributed by atoms with E-state index < -0.39 is 28.5 Å². The van der Waals surface area contributed by atoms with Gasteiger partial charge in [0, 0.05) is 17.6 Å². The van der Waals surface area contributed by atoms with Crippen LogP contribution in [0.15, 0.2) is 82.2 Å². The zero-order valence-electron chi connectivity index (χ0n) is 23.3. The maximum Gasteiger partial charge on any atom is 0.264 e. The number of hydrogen-bond acceptors (Lipinski definition) is 5. The van der Waals surface area contributed by atoms with E-state index in [1.807, 2.05) is 38.1 Å². The molecule has 0 fully saturated rings. The number of aryl methyl sites for hydroxylation is 1. The standard InChI is InChI=1S/C30H36BrN3O5S/c1-5-18-32-30(36)23(4)33(20-24-10-9-11-25(31)19-24)29(35)21-34(27-12-7-8-13-28(27)39-6-2)40(37,38)26-16-14-22(3)15-17-26/h7-17,19,23H,5-6,18,20-21H2,1-4H3,(H,32,36)/t23-/m1/s1. The minimum absolute atomic E-state index is 0.0458. The predicted octanol–water partition coefficient (Wildman–Crippen LogP) is 5.30. The van der Waals surface area contributed by atoms with E-state index in [0.29, 0.717) is 18.9 Å². The molecule has 0 spiro atoms. The average Bonchev–Trinajstić information content (AvgIpc) is 2.93. The van der Waals surface area contributed by atoms with Crippen molar-refractivity contribution in [3.8, 4) is 5.75 Å². The molecule has 3 aromatic carbocycles. The van der Waals surface area contributed by atoms with Gasteiger partial charge >= 0.3 is 0 Å². The lowest BCUT2D eigenvalue weighted by Gasteiger charge is -2.32. The molecule has 0 bridgehead atoms. The third kappa shape index (κ3) is 7.85. The molecule has 1 atom stereocenters. The molecule has 10 heteroatoms. The average molecular weight is 631 g/mol. The maximum atomic E-state index is 14.0. The Bertz CT molecular complexity index is 1410. The second kappa shape index (κ2) is 14.3. The van der Waals surface area contributed by atoms with Gasteiger partial charge in [0.05, 0.1) is 17.2 Å². The first-order chi connectivity index (χ1) is 19.1. The molecule has 0 aliphatic carbocycles. The van der Waals surface area contributed by atoms with Gasteiger partial charge in [-0.1, -0.05) is 64.8 Å². The summed E-state index contributed by atoms with van der Waals surface area (Å²) in [6.07, 6.45) is 0.745. The Hall–Kier alpha value is -3.37. The summed E-state index contributed by atoms with van der Waals surface area (Å²) in [6, 6.07) is 19.8. The molecule has 0 heterocycles. The number of hydrogen-bond donors (Lipinski definition) is 1. The molecule has 0 aromatic heterocycles. The smallest absolute Gasteiger partial charge is 0.264 e. The minimum Gasteiger partial charge on any atom is -0.492 e. The number of nitrogens with zero attached hydrogens (tertiary/aromatic N) is 2. The summed E-state index contributed by atoms with van der Waals surface area (Å²) < 4.78 is 35.7. The number of anilines is 1. The summed E-state index contributed by atoms with van der Waals surface area (Å²) in [7, 11) is -4.18. The highest BCUT2D eigenvalue weighted by Crippen LogP contribution is 2.33. The first-order valence-corrected chi connectivity index (χ1v) is 15.4. The SMILES string of the molecule is CCCNC(=O)[C@@H](C)N(Cc1cccc(Br)c1)C(=O)CN(c1ccccc1OCC)S(=O)(=O)c1ccc(C)cc1. The molecule has 0 saturated carbocycles. The number of para-hydroxylation sites is 2. The lowest BCUT2D eigenvalue weighted by Crippen LogP contribution is -2.51. The van der Waals surface area contributed by atoms with Gasteiger partial charge in [0.1, 0.15) is 18.3 Å². The van der Waals surface area contributed by atoms with E-state index in [2.05, 4.69) is 21.2 Å². The fraction of sp³-hybridized carbons (Fsp3) is 0.333. The summed E-state index contributed by atoms with van der Waals surface area (Å²) in [5.74, 6) is -0.505. The first-order valence-electron chi connectivity index (χ1n) is 13.2. The van der Waals surface area contributed by atoms with Crippen molar-refractivity contribution in [1.29, 1.82) is 0 Å². The van der Waals surface area contributed by atoms with E-state index in [1.165, 1.54) is 17.0 Å². The van der Waals surface area contributed by atoms with Crippen molar-refractivity contribution in [1.82, 2.24) is 10.2 Å². The molecule has 3 aromatic rings. The van der Waals surface area contributed by atoms with Crippen LogP contribution in [0.3, 0.4) is 0 Å². The van der Waals surface area contributed by atoms with Crippen LogP contribution in [0.4, 0.5) is 5.69 Å². The number of rotatable bonds is 13. The van der Waals surface area contributed by atoms with Crippen molar-refractivity contribution in [3.05, 3.63) is 88.4 Å². The molecule has 0 radical (unpaired) electrons. The Morgan fingerprint density at radius 2 is 1.70 bits per heavy atom. The van der Waals surface area contributed by atoms with Gasteiger partial charge in [-0.25, -0.2) is 8.42 Å². The number of carbonyl (C=O) groups is 2. The Morgan fingerprint density at radius 1 is 1.00 bits per heavy atom. The number of nitrogens with one attached hydrogen (secondary N) is 1. The van der Waals surface area contributed by atoms with Crippen molar-refractivity contribution >= 4 is 43.5 Å². The zero-order chi connectivity index (χ0) is 29.3. The summed E-state index contributed by atoms with van der Waals surface area (Å²) in [4.78, 5) is 28.5. The first kappa shape index (κ1) is 31.2. The van der Waals surface area contributed by atoms with E-state index in [4.69, 9.17) is 4.74 Å². The Labute approximate surface area is 245 Å². The molecule has 1 N–H and O–H groups in total. The van der Waals surface area contributed by atoms with Crippen molar-refractivity contribution < 1.29 is 22.7 Å². The van der Waals surface area contributed by atoms with Gasteiger partial charge < -0.3 is 15.0 Å². The van der Waals surface area contributed by atoms with Crippen molar-refractivity contribution in [3.63, 3.8) is 0 Å². The topological polar surface area (TPSA) is 96.0 Å². The van der Waals surface area contributed by atoms with Crippen LogP contribution in [0.1, 0.15) is 38.3 Å². The number of carbonyl (C=O) groups excluding carboxylic acids is 2. The van der Waals surface area contributed by atoms with Crippen LogP contribution in [-0.4, -0.2) is 50.9 Å². The summed E-state index contributed by atoms with van der Waals surface area (Å²) in [5, 5.41) is 2.84. The predicted molar refractivity (Wildman–Crippen MR) is 161 cm³/mol. The van der Waals surface area contributed by atoms with Gasteiger partial charge in [-0.05, 0) is 69.2 Å². The Morgan fingerprint density at radius 3 is 2.35 bits per heavy atom. The zero-order valence-corrected chi connectivity index (χ0v) is 25.7. The van der Waals surface area contributed by atoms with Crippen LogP contribution in [-0.2, 0) is 26.2 Å². The monoisotopic (exact) mass is 629 g/mol. The fourth-order valence-electron chi connectivity index (χ4n) is 4.10. The van der Waals surface area contributed by atoms with Crippen LogP contribution in [0, 0.1) is 6.92 Å². The number of benzene rings is 3. The highest BCUT2D eigenvalue weighted by molar-refractivity contribution is 9.10. The number of sulfonamides is 1. The van der Waals surface area contributed by atoms with Crippen molar-refractivity contribution in [2.24, 2.45) is 0 Å². The van der Waals surface area contributed by atoms with E-state index >= 15 is 0 Å². The van der Waals surface area contributed by atoms with Gasteiger partial charge in [0.2, 0.25) is 11.8 Å². The Balaban J connectivity index is 2.07. The minimum atomic E-state index is -4.18. The molecule has 8 nitrogen and oxygen atoms in total. The van der Waals surface area contributed by atoms with Crippen LogP contribution >= 0.6 is 15.9 Å². The lowest BCUT2D eigenvalue weighted by atomic mass is 10.1. The maximum absolute atomic E-state index is 14.0. The van der Waals surface area contributed by atoms with Gasteiger partial charge in [-0.2, -0.15) is 0 Å². The van der Waals surface area contributed by atoms with Crippen LogP contribution in [0.5, 0.6) is 5.75 Å². The van der Waals surface area contributed by atoms with Crippen LogP contribution in [0.2, 0.25) is 0 Å². The molecule has 0 aliphatic heterocycles. The van der Waals surface area contributed by atoms with Crippen LogP contribution < -0.4 is 14.4 Å². The summed E-state index contributed by atoms with van der Waals surface area (Å²) >= 11 is 3.46. The molecule has 0 aliphatic rings. The third-order valence-electron chi connectivity index (χ3n) is 6.28. The van der Waals surface area contributed by atoms with Crippen LogP contribution in [0.25, 0.3) is 0 Å². The summed E-state index contributed by atoms with van der Waals surface area (Å²) in [6.45, 7) is 7.63. The molecule has 0 unspecified atom stereocenters. The highest BCUT2D eigenvalue weighted by atomic mass is 79.9. The van der Waals surface area contributed by atoms with Gasteiger partial charge in [0.25, 0.3) is 10.0 Å². The fourth-order valence-corrected chi connectivity index (χ4v) is 5.97. The van der Waals surface area contributed by atoms with E-state index in [-0.39, 0.29) is 23.0 Å². The number of halogens is 1. The van der Waals surface area contributed by atoms with Gasteiger partial charge in [-0.3, -0.25) is 13.9 Å². The molecule has 3 rings (SSSR count). The largest absolute Gasteiger partial charge is 0.492 e. The number of amides is 2. The lowest BCUT2D eigenvalue weighted by molar-refractivity contribution is -0.139. The molecule has 0 saturated heterocycles. The molecular weight excluding hydrogens is 594 g/mol. The Kier molecular flexibility index (Phi) is 11.2. The summed E-state index contributed by atoms with van der Waals surface area (Å²) in [5.41, 5.74) is 1.94. The van der Waals surface area contributed by atoms with E-state index in [9.17, 15) is 18.0 Å². The third-order valence-corrected chi connectivity index (χ3v) is 8.55. The van der Waals surface area contributed by atoms with E-state index in [1.54, 1.807) is 50.2 Å². The number of ether oxygens (including phenoxy) is 1. The second-order valence-electron chi connectivity index (χ2n) is 9.34.